The van der Waals surface area contributed by atoms with Gasteiger partial charge in [-0.3, -0.25) is 0 Å². The average molecular weight is 535 g/mol. The van der Waals surface area contributed by atoms with Gasteiger partial charge in [-0.1, -0.05) is 12.2 Å². The van der Waals surface area contributed by atoms with Gasteiger partial charge in [-0.05, 0) is 17.7 Å². The molecule has 2 heterocycles. The Hall–Kier alpha value is -2.08. The lowest BCUT2D eigenvalue weighted by Gasteiger charge is -2.39. The van der Waals surface area contributed by atoms with Gasteiger partial charge in [0.05, 0.1) is 34.0 Å². The first kappa shape index (κ1) is 29.5. The van der Waals surface area contributed by atoms with Crippen LogP contribution in [0.15, 0.2) is 18.2 Å². The number of methoxy groups -OCH3 is 2. The summed E-state index contributed by atoms with van der Waals surface area (Å²) in [6.07, 6.45) is -11.2. The summed E-state index contributed by atoms with van der Waals surface area (Å²) in [7, 11) is 2.73. The summed E-state index contributed by atoms with van der Waals surface area (Å²) in [4.78, 5) is 0. The second-order valence-electron chi connectivity index (χ2n) is 8.50. The standard InChI is InChI=1S/C23H34O14/c1-32-11-6-10(4-3-5-34-22-19(30)17(28)15(26)13(8-24)35-22)7-12(33-2)21(11)37-23-20(31)18(29)16(27)14(9-25)36-23/h3-4,6-7,13-20,22-31H,5,8-9H2,1-2H3/t13-,14-,15-,16-,17+,18+,19-,20-,22+,23-/m1/s1. The Morgan fingerprint density at radius 1 is 0.730 bits per heavy atom. The molecule has 2 fully saturated rings. The number of rotatable bonds is 10. The summed E-state index contributed by atoms with van der Waals surface area (Å²) >= 11 is 0. The minimum atomic E-state index is -1.63. The molecule has 0 bridgehead atoms. The highest BCUT2D eigenvalue weighted by Crippen LogP contribution is 2.41. The van der Waals surface area contributed by atoms with Crippen LogP contribution in [0.3, 0.4) is 0 Å². The second-order valence-corrected chi connectivity index (χ2v) is 8.50. The Morgan fingerprint density at radius 3 is 1.70 bits per heavy atom. The Morgan fingerprint density at radius 2 is 1.22 bits per heavy atom. The van der Waals surface area contributed by atoms with Gasteiger partial charge < -0.3 is 69.3 Å². The molecule has 1 aromatic rings. The Labute approximate surface area is 212 Å². The minimum absolute atomic E-state index is 0.0315. The summed E-state index contributed by atoms with van der Waals surface area (Å²) in [5, 5.41) is 78.6. The molecule has 37 heavy (non-hydrogen) atoms. The van der Waals surface area contributed by atoms with Gasteiger partial charge in [0.2, 0.25) is 12.0 Å². The van der Waals surface area contributed by atoms with Crippen LogP contribution in [-0.4, -0.2) is 136 Å². The normalized spacial score (nSPS) is 36.5. The van der Waals surface area contributed by atoms with Gasteiger partial charge in [-0.15, -0.1) is 0 Å². The molecule has 3 rings (SSSR count). The van der Waals surface area contributed by atoms with Gasteiger partial charge in [0.25, 0.3) is 0 Å². The van der Waals surface area contributed by atoms with Crippen molar-refractivity contribution in [2.45, 2.75) is 61.4 Å². The molecule has 0 unspecified atom stereocenters. The molecule has 10 atom stereocenters. The van der Waals surface area contributed by atoms with Crippen LogP contribution >= 0.6 is 0 Å². The number of hydrogen-bond donors (Lipinski definition) is 8. The number of benzene rings is 1. The van der Waals surface area contributed by atoms with Crippen LogP contribution in [0.4, 0.5) is 0 Å². The number of hydrogen-bond acceptors (Lipinski definition) is 14. The van der Waals surface area contributed by atoms with E-state index in [1.54, 1.807) is 24.3 Å². The Kier molecular flexibility index (Phi) is 10.5. The molecule has 1 aromatic carbocycles. The topological polar surface area (TPSA) is 217 Å². The fraction of sp³-hybridized carbons (Fsp3) is 0.652. The number of ether oxygens (including phenoxy) is 6. The molecule has 0 radical (unpaired) electrons. The van der Waals surface area contributed by atoms with Crippen molar-refractivity contribution in [1.29, 1.82) is 0 Å². The maximum atomic E-state index is 10.3. The van der Waals surface area contributed by atoms with Crippen molar-refractivity contribution >= 4 is 6.08 Å². The first-order chi connectivity index (χ1) is 17.7. The van der Waals surface area contributed by atoms with Gasteiger partial charge in [0.15, 0.2) is 17.8 Å². The van der Waals surface area contributed by atoms with E-state index >= 15 is 0 Å². The Bertz CT molecular complexity index is 867. The molecule has 2 saturated heterocycles. The zero-order chi connectivity index (χ0) is 27.3. The fourth-order valence-electron chi connectivity index (χ4n) is 3.93. The molecule has 2 aliphatic heterocycles. The van der Waals surface area contributed by atoms with Gasteiger partial charge in [0, 0.05) is 0 Å². The van der Waals surface area contributed by atoms with Crippen LogP contribution in [0.25, 0.3) is 6.08 Å². The van der Waals surface area contributed by atoms with Crippen molar-refractivity contribution in [2.24, 2.45) is 0 Å². The highest BCUT2D eigenvalue weighted by molar-refractivity contribution is 5.62. The smallest absolute Gasteiger partial charge is 0.229 e. The molecule has 0 spiro atoms. The quantitative estimate of drug-likeness (QED) is 0.148. The molecular weight excluding hydrogens is 500 g/mol. The molecule has 210 valence electrons. The fourth-order valence-corrected chi connectivity index (χ4v) is 3.93. The maximum Gasteiger partial charge on any atom is 0.229 e. The lowest BCUT2D eigenvalue weighted by molar-refractivity contribution is -0.298. The van der Waals surface area contributed by atoms with Crippen molar-refractivity contribution in [3.63, 3.8) is 0 Å². The van der Waals surface area contributed by atoms with E-state index in [4.69, 9.17) is 28.4 Å². The number of aliphatic hydroxyl groups excluding tert-OH is 8. The predicted octanol–water partition coefficient (Wildman–Crippen LogP) is -3.29. The van der Waals surface area contributed by atoms with E-state index in [1.165, 1.54) is 14.2 Å². The lowest BCUT2D eigenvalue weighted by atomic mass is 9.99. The van der Waals surface area contributed by atoms with E-state index in [-0.39, 0.29) is 23.9 Å². The third-order valence-electron chi connectivity index (χ3n) is 6.08. The van der Waals surface area contributed by atoms with Crippen LogP contribution in [-0.2, 0) is 14.2 Å². The summed E-state index contributed by atoms with van der Waals surface area (Å²) in [5.74, 6) is 0.376. The van der Waals surface area contributed by atoms with E-state index < -0.39 is 74.6 Å². The van der Waals surface area contributed by atoms with E-state index in [1.807, 2.05) is 0 Å². The SMILES string of the molecule is COc1cc(C=CCO[C@H]2O[C@H](CO)[C@@H](O)[C@H](O)[C@H]2O)cc(OC)c1O[C@H]1O[C@H](CO)[C@@H](O)[C@H](O)[C@H]1O. The van der Waals surface area contributed by atoms with Crippen molar-refractivity contribution in [2.75, 3.05) is 34.0 Å². The highest BCUT2D eigenvalue weighted by Gasteiger charge is 2.45. The van der Waals surface area contributed by atoms with Gasteiger partial charge >= 0.3 is 0 Å². The van der Waals surface area contributed by atoms with Crippen LogP contribution in [0.1, 0.15) is 5.56 Å². The summed E-state index contributed by atoms with van der Waals surface area (Å²) in [6, 6.07) is 3.12. The van der Waals surface area contributed by atoms with Gasteiger partial charge in [0.1, 0.15) is 48.8 Å². The molecule has 8 N–H and O–H groups in total. The summed E-state index contributed by atoms with van der Waals surface area (Å²) in [6.45, 7) is -1.26. The molecule has 14 nitrogen and oxygen atoms in total. The summed E-state index contributed by atoms with van der Waals surface area (Å²) < 4.78 is 32.5. The number of aliphatic hydroxyl groups is 8. The lowest BCUT2D eigenvalue weighted by Crippen LogP contribution is -2.60. The second kappa shape index (κ2) is 13.1. The molecular formula is C23H34O14. The zero-order valence-corrected chi connectivity index (χ0v) is 20.2. The van der Waals surface area contributed by atoms with Crippen molar-refractivity contribution in [3.8, 4) is 17.2 Å². The molecule has 0 aromatic heterocycles. The van der Waals surface area contributed by atoms with Gasteiger partial charge in [-0.2, -0.15) is 0 Å². The molecule has 2 aliphatic rings. The largest absolute Gasteiger partial charge is 0.493 e. The summed E-state index contributed by atoms with van der Waals surface area (Å²) in [5.41, 5.74) is 0.562. The third kappa shape index (κ3) is 6.50. The monoisotopic (exact) mass is 534 g/mol. The first-order valence-corrected chi connectivity index (χ1v) is 11.5. The zero-order valence-electron chi connectivity index (χ0n) is 20.2. The van der Waals surface area contributed by atoms with Crippen LogP contribution < -0.4 is 14.2 Å². The van der Waals surface area contributed by atoms with E-state index in [9.17, 15) is 40.9 Å². The van der Waals surface area contributed by atoms with Gasteiger partial charge in [-0.25, -0.2) is 0 Å². The van der Waals surface area contributed by atoms with E-state index in [0.29, 0.717) is 5.56 Å². The maximum absolute atomic E-state index is 10.3. The van der Waals surface area contributed by atoms with Crippen molar-refractivity contribution in [3.05, 3.63) is 23.8 Å². The van der Waals surface area contributed by atoms with Crippen LogP contribution in [0.2, 0.25) is 0 Å². The molecule has 0 aliphatic carbocycles. The molecule has 0 amide bonds. The first-order valence-electron chi connectivity index (χ1n) is 11.5. The van der Waals surface area contributed by atoms with E-state index in [0.717, 1.165) is 0 Å². The molecule has 14 heteroatoms. The van der Waals surface area contributed by atoms with E-state index in [2.05, 4.69) is 0 Å². The van der Waals surface area contributed by atoms with Crippen LogP contribution in [0, 0.1) is 0 Å². The van der Waals surface area contributed by atoms with Crippen molar-refractivity contribution < 1.29 is 69.3 Å². The minimum Gasteiger partial charge on any atom is -0.493 e. The predicted molar refractivity (Wildman–Crippen MR) is 123 cm³/mol. The Balaban J connectivity index is 1.70. The van der Waals surface area contributed by atoms with Crippen molar-refractivity contribution in [1.82, 2.24) is 0 Å². The third-order valence-corrected chi connectivity index (χ3v) is 6.08. The average Bonchev–Trinajstić information content (AvgIpc) is 2.91. The van der Waals surface area contributed by atoms with Crippen LogP contribution in [0.5, 0.6) is 17.2 Å². The molecule has 0 saturated carbocycles. The highest BCUT2D eigenvalue weighted by atomic mass is 16.7.